The first-order valence-corrected chi connectivity index (χ1v) is 6.96. The molecule has 0 aromatic carbocycles. The number of likely N-dealkylation sites (N-methyl/N-ethyl adjacent to an activating group) is 1. The molecule has 1 rings (SSSR count). The quantitative estimate of drug-likeness (QED) is 0.771. The summed E-state index contributed by atoms with van der Waals surface area (Å²) in [6.07, 6.45) is 1.85. The predicted molar refractivity (Wildman–Crippen MR) is 85.7 cm³/mol. The van der Waals surface area contributed by atoms with Gasteiger partial charge in [-0.05, 0) is 32.1 Å². The summed E-state index contributed by atoms with van der Waals surface area (Å²) in [5, 5.41) is 0. The fourth-order valence-corrected chi connectivity index (χ4v) is 1.93. The van der Waals surface area contributed by atoms with Crippen molar-refractivity contribution in [3.63, 3.8) is 0 Å². The lowest BCUT2D eigenvalue weighted by Gasteiger charge is -2.27. The standard InChI is InChI=1S/C14H24N4S/c1-11(2)10-18(8-7-17(3)4)12-5-6-13(14(15)19)16-9-12/h5-6,9,11H,7-8,10H2,1-4H3,(H2,15,19). The number of anilines is 1. The summed E-state index contributed by atoms with van der Waals surface area (Å²) in [6, 6.07) is 3.93. The van der Waals surface area contributed by atoms with E-state index in [9.17, 15) is 0 Å². The molecule has 0 saturated heterocycles. The highest BCUT2D eigenvalue weighted by atomic mass is 32.1. The van der Waals surface area contributed by atoms with Crippen molar-refractivity contribution in [3.05, 3.63) is 24.0 Å². The Morgan fingerprint density at radius 3 is 2.42 bits per heavy atom. The molecule has 0 aliphatic heterocycles. The monoisotopic (exact) mass is 280 g/mol. The van der Waals surface area contributed by atoms with Crippen LogP contribution in [0.15, 0.2) is 18.3 Å². The molecule has 0 aliphatic carbocycles. The van der Waals surface area contributed by atoms with E-state index in [2.05, 4.69) is 42.7 Å². The summed E-state index contributed by atoms with van der Waals surface area (Å²) in [5.41, 5.74) is 7.37. The average Bonchev–Trinajstić information content (AvgIpc) is 2.34. The van der Waals surface area contributed by atoms with Crippen molar-refractivity contribution < 1.29 is 0 Å². The van der Waals surface area contributed by atoms with Gasteiger partial charge in [0.1, 0.15) is 4.99 Å². The van der Waals surface area contributed by atoms with E-state index in [0.29, 0.717) is 16.6 Å². The molecule has 0 spiro atoms. The van der Waals surface area contributed by atoms with Crippen molar-refractivity contribution >= 4 is 22.9 Å². The van der Waals surface area contributed by atoms with Crippen molar-refractivity contribution in [2.24, 2.45) is 11.7 Å². The molecule has 0 radical (unpaired) electrons. The highest BCUT2D eigenvalue weighted by Gasteiger charge is 2.10. The number of hydrogen-bond donors (Lipinski definition) is 1. The normalized spacial score (nSPS) is 11.1. The van der Waals surface area contributed by atoms with Gasteiger partial charge in [0.15, 0.2) is 0 Å². The molecule has 1 aromatic heterocycles. The van der Waals surface area contributed by atoms with E-state index in [1.165, 1.54) is 0 Å². The molecule has 2 N–H and O–H groups in total. The molecule has 4 nitrogen and oxygen atoms in total. The summed E-state index contributed by atoms with van der Waals surface area (Å²) in [6.45, 7) is 7.46. The second-order valence-corrected chi connectivity index (χ2v) is 5.85. The zero-order valence-corrected chi connectivity index (χ0v) is 13.1. The minimum absolute atomic E-state index is 0.343. The van der Waals surface area contributed by atoms with Gasteiger partial charge in [-0.15, -0.1) is 0 Å². The summed E-state index contributed by atoms with van der Waals surface area (Å²) >= 11 is 4.92. The molecule has 19 heavy (non-hydrogen) atoms. The van der Waals surface area contributed by atoms with E-state index < -0.39 is 0 Å². The summed E-state index contributed by atoms with van der Waals surface area (Å²) in [4.78, 5) is 9.19. The molecule has 0 saturated carbocycles. The second-order valence-electron chi connectivity index (χ2n) is 5.41. The van der Waals surface area contributed by atoms with Crippen LogP contribution in [-0.2, 0) is 0 Å². The maximum atomic E-state index is 5.57. The van der Waals surface area contributed by atoms with Crippen molar-refractivity contribution in [1.29, 1.82) is 0 Å². The van der Waals surface area contributed by atoms with Gasteiger partial charge in [-0.1, -0.05) is 26.1 Å². The van der Waals surface area contributed by atoms with Crippen LogP contribution in [-0.4, -0.2) is 48.6 Å². The van der Waals surface area contributed by atoms with Crippen LogP contribution in [0.3, 0.4) is 0 Å². The molecule has 0 atom stereocenters. The number of pyridine rings is 1. The molecule has 106 valence electrons. The second kappa shape index (κ2) is 7.40. The van der Waals surface area contributed by atoms with Crippen LogP contribution in [0.4, 0.5) is 5.69 Å². The Labute approximate surface area is 121 Å². The number of nitrogens with zero attached hydrogens (tertiary/aromatic N) is 3. The Kier molecular flexibility index (Phi) is 6.18. The minimum atomic E-state index is 0.343. The van der Waals surface area contributed by atoms with Crippen LogP contribution in [0, 0.1) is 5.92 Å². The lowest BCUT2D eigenvalue weighted by molar-refractivity contribution is 0.409. The average molecular weight is 280 g/mol. The Bertz CT molecular complexity index is 400. The van der Waals surface area contributed by atoms with Gasteiger partial charge in [-0.2, -0.15) is 0 Å². The lowest BCUT2D eigenvalue weighted by Crippen LogP contribution is -2.34. The molecule has 0 bridgehead atoms. The SMILES string of the molecule is CC(C)CN(CCN(C)C)c1ccc(C(N)=S)nc1. The fourth-order valence-electron chi connectivity index (χ4n) is 1.81. The first-order valence-electron chi connectivity index (χ1n) is 6.55. The largest absolute Gasteiger partial charge is 0.388 e. The molecule has 0 unspecified atom stereocenters. The summed E-state index contributed by atoms with van der Waals surface area (Å²) in [5.74, 6) is 0.609. The minimum Gasteiger partial charge on any atom is -0.388 e. The molecule has 1 aromatic rings. The maximum Gasteiger partial charge on any atom is 0.122 e. The zero-order valence-electron chi connectivity index (χ0n) is 12.3. The molecular weight excluding hydrogens is 256 g/mol. The van der Waals surface area contributed by atoms with Crippen LogP contribution in [0.2, 0.25) is 0 Å². The van der Waals surface area contributed by atoms with Gasteiger partial charge in [0.05, 0.1) is 17.6 Å². The Morgan fingerprint density at radius 2 is 2.00 bits per heavy atom. The first kappa shape index (κ1) is 15.9. The van der Waals surface area contributed by atoms with E-state index in [1.807, 2.05) is 18.3 Å². The first-order chi connectivity index (χ1) is 8.90. The predicted octanol–water partition coefficient (Wildman–Crippen LogP) is 1.74. The third kappa shape index (κ3) is 5.53. The highest BCUT2D eigenvalue weighted by Crippen LogP contribution is 2.15. The zero-order chi connectivity index (χ0) is 14.4. The number of hydrogen-bond acceptors (Lipinski definition) is 4. The highest BCUT2D eigenvalue weighted by molar-refractivity contribution is 7.80. The van der Waals surface area contributed by atoms with E-state index >= 15 is 0 Å². The molecule has 0 amide bonds. The molecule has 1 heterocycles. The smallest absolute Gasteiger partial charge is 0.122 e. The lowest BCUT2D eigenvalue weighted by atomic mass is 10.2. The molecular formula is C14H24N4S. The topological polar surface area (TPSA) is 45.4 Å². The number of thiocarbonyl (C=S) groups is 1. The molecule has 5 heteroatoms. The van der Waals surface area contributed by atoms with Crippen LogP contribution < -0.4 is 10.6 Å². The Morgan fingerprint density at radius 1 is 1.32 bits per heavy atom. The number of rotatable bonds is 7. The van der Waals surface area contributed by atoms with E-state index in [4.69, 9.17) is 18.0 Å². The summed E-state index contributed by atoms with van der Waals surface area (Å²) in [7, 11) is 4.17. The van der Waals surface area contributed by atoms with Gasteiger partial charge in [-0.25, -0.2) is 0 Å². The van der Waals surface area contributed by atoms with Gasteiger partial charge in [0, 0.05) is 19.6 Å². The third-order valence-corrected chi connectivity index (χ3v) is 2.98. The Balaban J connectivity index is 2.80. The third-order valence-electron chi connectivity index (χ3n) is 2.77. The van der Waals surface area contributed by atoms with Crippen molar-refractivity contribution in [2.45, 2.75) is 13.8 Å². The maximum absolute atomic E-state index is 5.57. The van der Waals surface area contributed by atoms with Crippen LogP contribution >= 0.6 is 12.2 Å². The molecule has 0 aliphatic rings. The van der Waals surface area contributed by atoms with Gasteiger partial charge in [-0.3, -0.25) is 4.98 Å². The Hall–Kier alpha value is -1.20. The van der Waals surface area contributed by atoms with Crippen molar-refractivity contribution in [1.82, 2.24) is 9.88 Å². The van der Waals surface area contributed by atoms with E-state index in [-0.39, 0.29) is 0 Å². The van der Waals surface area contributed by atoms with Crippen LogP contribution in [0.5, 0.6) is 0 Å². The van der Waals surface area contributed by atoms with Crippen molar-refractivity contribution in [2.75, 3.05) is 38.6 Å². The van der Waals surface area contributed by atoms with Crippen LogP contribution in [0.25, 0.3) is 0 Å². The number of nitrogens with two attached hydrogens (primary N) is 1. The van der Waals surface area contributed by atoms with E-state index in [0.717, 1.165) is 25.3 Å². The van der Waals surface area contributed by atoms with Gasteiger partial charge in [0.25, 0.3) is 0 Å². The molecule has 0 fully saturated rings. The van der Waals surface area contributed by atoms with Gasteiger partial charge < -0.3 is 15.5 Å². The van der Waals surface area contributed by atoms with E-state index in [1.54, 1.807) is 0 Å². The fraction of sp³-hybridized carbons (Fsp3) is 0.571. The number of aromatic nitrogens is 1. The van der Waals surface area contributed by atoms with Crippen molar-refractivity contribution in [3.8, 4) is 0 Å². The van der Waals surface area contributed by atoms with Gasteiger partial charge >= 0.3 is 0 Å². The summed E-state index contributed by atoms with van der Waals surface area (Å²) < 4.78 is 0. The van der Waals surface area contributed by atoms with Crippen LogP contribution in [0.1, 0.15) is 19.5 Å². The van der Waals surface area contributed by atoms with Gasteiger partial charge in [0.2, 0.25) is 0 Å².